The van der Waals surface area contributed by atoms with Crippen molar-refractivity contribution in [2.45, 2.75) is 43.6 Å². The molecule has 1 fully saturated rings. The Balaban J connectivity index is 2.24. The fraction of sp³-hybridized carbons (Fsp3) is 1.00. The van der Waals surface area contributed by atoms with Crippen LogP contribution in [0.1, 0.15) is 26.2 Å². The van der Waals surface area contributed by atoms with E-state index in [-0.39, 0.29) is 0 Å². The molecule has 2 unspecified atom stereocenters. The van der Waals surface area contributed by atoms with Crippen molar-refractivity contribution in [1.82, 2.24) is 0 Å². The molecule has 58 valence electrons. The summed E-state index contributed by atoms with van der Waals surface area (Å²) in [6.45, 7) is 2.17. The molecular weight excluding hydrogens is 160 g/mol. The third-order valence-electron chi connectivity index (χ3n) is 1.85. The van der Waals surface area contributed by atoms with E-state index < -0.39 is 0 Å². The summed E-state index contributed by atoms with van der Waals surface area (Å²) in [5.41, 5.74) is 0. The summed E-state index contributed by atoms with van der Waals surface area (Å²) in [6, 6.07) is 1.26. The number of hydrogen-bond acceptors (Lipinski definition) is 2. The fourth-order valence-electron chi connectivity index (χ4n) is 1.13. The van der Waals surface area contributed by atoms with Crippen molar-refractivity contribution in [3.63, 3.8) is 0 Å². The molecule has 10 heavy (non-hydrogen) atoms. The summed E-state index contributed by atoms with van der Waals surface area (Å²) in [6.07, 6.45) is 4.12. The van der Waals surface area contributed by atoms with Crippen LogP contribution in [0.3, 0.4) is 0 Å². The van der Waals surface area contributed by atoms with Crippen LogP contribution >= 0.6 is 12.6 Å². The Bertz CT molecular complexity index is 93.6. The lowest BCUT2D eigenvalue weighted by molar-refractivity contribution is 0.178. The predicted octanol–water partition coefficient (Wildman–Crippen LogP) is 1.91. The molecule has 0 spiro atoms. The van der Waals surface area contributed by atoms with Gasteiger partial charge >= 0.3 is 0 Å². The second-order valence-corrected chi connectivity index (χ2v) is 4.36. The van der Waals surface area contributed by atoms with Crippen molar-refractivity contribution in [3.05, 3.63) is 0 Å². The van der Waals surface area contributed by atoms with Crippen LogP contribution in [0.25, 0.3) is 0 Å². The zero-order valence-electron chi connectivity index (χ0n) is 6.34. The van der Waals surface area contributed by atoms with Gasteiger partial charge in [0.2, 0.25) is 9.76 Å². The van der Waals surface area contributed by atoms with E-state index in [4.69, 9.17) is 4.43 Å². The van der Waals surface area contributed by atoms with E-state index in [1.165, 1.54) is 18.9 Å². The van der Waals surface area contributed by atoms with Crippen LogP contribution in [-0.4, -0.2) is 21.1 Å². The minimum absolute atomic E-state index is 0.445. The number of rotatable bonds is 2. The largest absolute Gasteiger partial charge is 0.413 e. The molecule has 1 saturated heterocycles. The zero-order valence-corrected chi connectivity index (χ0v) is 8.23. The highest BCUT2D eigenvalue weighted by Crippen LogP contribution is 2.20. The average Bonchev–Trinajstić information content (AvgIpc) is 2.05. The molecule has 0 aliphatic carbocycles. The molecule has 1 aliphatic heterocycles. The highest BCUT2D eigenvalue weighted by Gasteiger charge is 2.19. The maximum absolute atomic E-state index is 5.58. The first-order chi connectivity index (χ1) is 4.84. The molecule has 3 heteroatoms. The number of thiol groups is 1. The van der Waals surface area contributed by atoms with Crippen LogP contribution in [0, 0.1) is 0 Å². The monoisotopic (exact) mass is 174 g/mol. The SMILES string of the molecule is CCC(S)C1CCC[Si]O1. The Hall–Kier alpha value is 0.527. The molecule has 0 aromatic heterocycles. The Labute approximate surface area is 70.9 Å². The molecule has 1 rings (SSSR count). The maximum Gasteiger partial charge on any atom is 0.230 e. The summed E-state index contributed by atoms with van der Waals surface area (Å²) < 4.78 is 5.58. The van der Waals surface area contributed by atoms with Gasteiger partial charge in [0.25, 0.3) is 0 Å². The van der Waals surface area contributed by atoms with Crippen molar-refractivity contribution < 1.29 is 4.43 Å². The van der Waals surface area contributed by atoms with Gasteiger partial charge in [-0.25, -0.2) is 0 Å². The lowest BCUT2D eigenvalue weighted by Crippen LogP contribution is -2.29. The van der Waals surface area contributed by atoms with Crippen LogP contribution in [0.5, 0.6) is 0 Å². The summed E-state index contributed by atoms with van der Waals surface area (Å²) in [5.74, 6) is 0. The van der Waals surface area contributed by atoms with E-state index in [0.717, 1.165) is 16.2 Å². The van der Waals surface area contributed by atoms with Crippen molar-refractivity contribution in [3.8, 4) is 0 Å². The van der Waals surface area contributed by atoms with Crippen LogP contribution in [0.2, 0.25) is 6.04 Å². The molecular formula is C7H14OSSi. The van der Waals surface area contributed by atoms with Crippen molar-refractivity contribution in [2.75, 3.05) is 0 Å². The highest BCUT2D eigenvalue weighted by molar-refractivity contribution is 7.81. The van der Waals surface area contributed by atoms with Crippen LogP contribution in [0.15, 0.2) is 0 Å². The maximum atomic E-state index is 5.58. The van der Waals surface area contributed by atoms with Crippen LogP contribution < -0.4 is 0 Å². The van der Waals surface area contributed by atoms with Gasteiger partial charge in [0.15, 0.2) is 0 Å². The normalized spacial score (nSPS) is 30.0. The second-order valence-electron chi connectivity index (χ2n) is 2.67. The number of hydrogen-bond donors (Lipinski definition) is 1. The quantitative estimate of drug-likeness (QED) is 0.497. The molecule has 2 radical (unpaired) electrons. The summed E-state index contributed by atoms with van der Waals surface area (Å²) >= 11 is 4.45. The second kappa shape index (κ2) is 4.41. The van der Waals surface area contributed by atoms with Crippen molar-refractivity contribution in [2.24, 2.45) is 0 Å². The van der Waals surface area contributed by atoms with Gasteiger partial charge in [0.05, 0.1) is 6.10 Å². The van der Waals surface area contributed by atoms with Crippen LogP contribution in [-0.2, 0) is 4.43 Å². The molecule has 1 nitrogen and oxygen atoms in total. The Kier molecular flexibility index (Phi) is 3.81. The zero-order chi connectivity index (χ0) is 7.40. The smallest absolute Gasteiger partial charge is 0.230 e. The summed E-state index contributed by atoms with van der Waals surface area (Å²) in [7, 11) is 0.729. The van der Waals surface area contributed by atoms with Gasteiger partial charge < -0.3 is 4.43 Å². The topological polar surface area (TPSA) is 9.23 Å². The van der Waals surface area contributed by atoms with E-state index in [9.17, 15) is 0 Å². The van der Waals surface area contributed by atoms with Gasteiger partial charge in [-0.3, -0.25) is 0 Å². The van der Waals surface area contributed by atoms with E-state index >= 15 is 0 Å². The van der Waals surface area contributed by atoms with E-state index in [1.54, 1.807) is 0 Å². The van der Waals surface area contributed by atoms with Gasteiger partial charge in [-0.2, -0.15) is 12.6 Å². The Morgan fingerprint density at radius 2 is 2.60 bits per heavy atom. The molecule has 1 heterocycles. The van der Waals surface area contributed by atoms with Gasteiger partial charge in [0.1, 0.15) is 0 Å². The van der Waals surface area contributed by atoms with Crippen molar-refractivity contribution in [1.29, 1.82) is 0 Å². The molecule has 0 bridgehead atoms. The lowest BCUT2D eigenvalue weighted by Gasteiger charge is -2.26. The molecule has 1 aliphatic rings. The predicted molar refractivity (Wildman–Crippen MR) is 47.7 cm³/mol. The first-order valence-corrected chi connectivity index (χ1v) is 5.54. The molecule has 0 saturated carbocycles. The fourth-order valence-corrected chi connectivity index (χ4v) is 2.42. The van der Waals surface area contributed by atoms with Gasteiger partial charge in [-0.15, -0.1) is 0 Å². The lowest BCUT2D eigenvalue weighted by atomic mass is 10.1. The Morgan fingerprint density at radius 1 is 1.80 bits per heavy atom. The first-order valence-electron chi connectivity index (χ1n) is 3.91. The third-order valence-corrected chi connectivity index (χ3v) is 3.57. The van der Waals surface area contributed by atoms with Gasteiger partial charge in [0, 0.05) is 5.25 Å². The van der Waals surface area contributed by atoms with E-state index in [1.807, 2.05) is 0 Å². The third kappa shape index (κ3) is 2.29. The minimum Gasteiger partial charge on any atom is -0.413 e. The van der Waals surface area contributed by atoms with Crippen molar-refractivity contribution >= 4 is 22.4 Å². The van der Waals surface area contributed by atoms with Crippen LogP contribution in [0.4, 0.5) is 0 Å². The van der Waals surface area contributed by atoms with E-state index in [0.29, 0.717) is 11.4 Å². The summed E-state index contributed by atoms with van der Waals surface area (Å²) in [4.78, 5) is 0. The van der Waals surface area contributed by atoms with E-state index in [2.05, 4.69) is 19.6 Å². The van der Waals surface area contributed by atoms with Gasteiger partial charge in [-0.05, 0) is 18.9 Å². The standard InChI is InChI=1S/C7H14OSSi/c1-2-7(9)6-4-3-5-10-8-6/h6-7,9H,2-5H2,1H3. The molecule has 0 N–H and O–H groups in total. The molecule has 2 atom stereocenters. The highest BCUT2D eigenvalue weighted by atomic mass is 32.1. The molecule has 0 aromatic rings. The molecule has 0 aromatic carbocycles. The first kappa shape index (κ1) is 8.62. The average molecular weight is 174 g/mol. The summed E-state index contributed by atoms with van der Waals surface area (Å²) in [5, 5.41) is 0.466. The minimum atomic E-state index is 0.445. The van der Waals surface area contributed by atoms with Gasteiger partial charge in [-0.1, -0.05) is 13.3 Å². The molecule has 0 amide bonds. The Morgan fingerprint density at radius 3 is 3.10 bits per heavy atom.